The Morgan fingerprint density at radius 3 is 2.57 bits per heavy atom. The number of amides is 1. The molecule has 0 saturated carbocycles. The summed E-state index contributed by atoms with van der Waals surface area (Å²) in [6.07, 6.45) is 1.34. The second kappa shape index (κ2) is 6.88. The van der Waals surface area contributed by atoms with Crippen molar-refractivity contribution in [2.45, 2.75) is 32.2 Å². The highest BCUT2D eigenvalue weighted by Crippen LogP contribution is 2.18. The van der Waals surface area contributed by atoms with Gasteiger partial charge in [-0.15, -0.1) is 0 Å². The number of fused-ring (bicyclic) bond motifs is 1. The third-order valence-electron chi connectivity index (χ3n) is 3.44. The van der Waals surface area contributed by atoms with E-state index in [1.165, 1.54) is 0 Å². The standard InChI is InChI=1S/C17H19NO3/c1-2-6-15(17(20)21)18-16(19)11-13-9-5-8-12-7-3-4-10-14(12)13/h3-5,7-10,15H,2,6,11H2,1H3,(H,18,19)(H,20,21)/t15-/m1/s1. The summed E-state index contributed by atoms with van der Waals surface area (Å²) >= 11 is 0. The third-order valence-corrected chi connectivity index (χ3v) is 3.44. The Morgan fingerprint density at radius 1 is 1.14 bits per heavy atom. The summed E-state index contributed by atoms with van der Waals surface area (Å²) in [6.45, 7) is 1.90. The van der Waals surface area contributed by atoms with Gasteiger partial charge in [-0.05, 0) is 22.8 Å². The molecular formula is C17H19NO3. The van der Waals surface area contributed by atoms with Crippen molar-refractivity contribution in [2.24, 2.45) is 0 Å². The summed E-state index contributed by atoms with van der Waals surface area (Å²) in [5, 5.41) is 13.8. The summed E-state index contributed by atoms with van der Waals surface area (Å²) in [6, 6.07) is 12.8. The second-order valence-corrected chi connectivity index (χ2v) is 5.06. The fraction of sp³-hybridized carbons (Fsp3) is 0.294. The molecule has 4 heteroatoms. The van der Waals surface area contributed by atoms with Crippen LogP contribution >= 0.6 is 0 Å². The number of hydrogen-bond acceptors (Lipinski definition) is 2. The molecule has 2 aromatic carbocycles. The Kier molecular flexibility index (Phi) is 4.93. The minimum atomic E-state index is -0.983. The molecule has 21 heavy (non-hydrogen) atoms. The summed E-state index contributed by atoms with van der Waals surface area (Å²) in [5.74, 6) is -1.24. The molecule has 0 aliphatic rings. The van der Waals surface area contributed by atoms with Gasteiger partial charge in [-0.2, -0.15) is 0 Å². The molecule has 4 nitrogen and oxygen atoms in total. The summed E-state index contributed by atoms with van der Waals surface area (Å²) in [5.41, 5.74) is 0.909. The van der Waals surface area contributed by atoms with Crippen molar-refractivity contribution in [3.63, 3.8) is 0 Å². The fourth-order valence-electron chi connectivity index (χ4n) is 2.41. The quantitative estimate of drug-likeness (QED) is 0.857. The average molecular weight is 285 g/mol. The molecule has 2 rings (SSSR count). The minimum absolute atomic E-state index is 0.189. The van der Waals surface area contributed by atoms with E-state index >= 15 is 0 Å². The van der Waals surface area contributed by atoms with Crippen LogP contribution in [0, 0.1) is 0 Å². The summed E-state index contributed by atoms with van der Waals surface area (Å²) in [7, 11) is 0. The zero-order valence-electron chi connectivity index (χ0n) is 12.0. The van der Waals surface area contributed by atoms with E-state index in [4.69, 9.17) is 5.11 Å². The largest absolute Gasteiger partial charge is 0.480 e. The van der Waals surface area contributed by atoms with Gasteiger partial charge in [0, 0.05) is 0 Å². The Hall–Kier alpha value is -2.36. The number of hydrogen-bond donors (Lipinski definition) is 2. The van der Waals surface area contributed by atoms with Gasteiger partial charge in [-0.1, -0.05) is 55.8 Å². The van der Waals surface area contributed by atoms with Gasteiger partial charge in [0.2, 0.25) is 5.91 Å². The smallest absolute Gasteiger partial charge is 0.326 e. The lowest BCUT2D eigenvalue weighted by atomic mass is 10.0. The zero-order valence-corrected chi connectivity index (χ0v) is 12.0. The van der Waals surface area contributed by atoms with Gasteiger partial charge < -0.3 is 10.4 Å². The van der Waals surface area contributed by atoms with E-state index in [-0.39, 0.29) is 12.3 Å². The molecular weight excluding hydrogens is 266 g/mol. The molecule has 0 aliphatic carbocycles. The SMILES string of the molecule is CCC[C@@H](NC(=O)Cc1cccc2ccccc12)C(=O)O. The van der Waals surface area contributed by atoms with E-state index in [0.717, 1.165) is 16.3 Å². The number of carbonyl (C=O) groups excluding carboxylic acids is 1. The van der Waals surface area contributed by atoms with Crippen LogP contribution in [0.25, 0.3) is 10.8 Å². The highest BCUT2D eigenvalue weighted by molar-refractivity contribution is 5.91. The van der Waals surface area contributed by atoms with Crippen LogP contribution in [-0.4, -0.2) is 23.0 Å². The Bertz CT molecular complexity index is 646. The normalized spacial score (nSPS) is 12.0. The van der Waals surface area contributed by atoms with Crippen LogP contribution < -0.4 is 5.32 Å². The zero-order chi connectivity index (χ0) is 15.2. The Labute approximate surface area is 123 Å². The maximum atomic E-state index is 12.1. The lowest BCUT2D eigenvalue weighted by Gasteiger charge is -2.14. The number of rotatable bonds is 6. The van der Waals surface area contributed by atoms with E-state index in [1.807, 2.05) is 49.4 Å². The topological polar surface area (TPSA) is 66.4 Å². The average Bonchev–Trinajstić information content (AvgIpc) is 2.47. The van der Waals surface area contributed by atoms with Crippen molar-refractivity contribution in [1.82, 2.24) is 5.32 Å². The number of carboxylic acid groups (broad SMARTS) is 1. The highest BCUT2D eigenvalue weighted by Gasteiger charge is 2.19. The fourth-order valence-corrected chi connectivity index (χ4v) is 2.41. The van der Waals surface area contributed by atoms with Gasteiger partial charge in [-0.25, -0.2) is 4.79 Å². The molecule has 0 saturated heterocycles. The molecule has 1 atom stereocenters. The van der Waals surface area contributed by atoms with Crippen molar-refractivity contribution in [3.05, 3.63) is 48.0 Å². The molecule has 0 aliphatic heterocycles. The number of aliphatic carboxylic acids is 1. The second-order valence-electron chi connectivity index (χ2n) is 5.06. The minimum Gasteiger partial charge on any atom is -0.480 e. The van der Waals surface area contributed by atoms with Gasteiger partial charge in [0.25, 0.3) is 0 Å². The first kappa shape index (κ1) is 15.0. The molecule has 0 spiro atoms. The van der Waals surface area contributed by atoms with Crippen LogP contribution in [0.5, 0.6) is 0 Å². The third kappa shape index (κ3) is 3.81. The number of benzene rings is 2. The summed E-state index contributed by atoms with van der Waals surface area (Å²) in [4.78, 5) is 23.1. The monoisotopic (exact) mass is 285 g/mol. The molecule has 0 bridgehead atoms. The molecule has 0 heterocycles. The van der Waals surface area contributed by atoms with Crippen molar-refractivity contribution >= 4 is 22.6 Å². The van der Waals surface area contributed by atoms with Crippen LogP contribution in [0.15, 0.2) is 42.5 Å². The van der Waals surface area contributed by atoms with Crippen LogP contribution in [-0.2, 0) is 16.0 Å². The molecule has 1 amide bonds. The molecule has 0 unspecified atom stereocenters. The van der Waals surface area contributed by atoms with E-state index in [0.29, 0.717) is 12.8 Å². The van der Waals surface area contributed by atoms with Gasteiger partial charge >= 0.3 is 5.97 Å². The van der Waals surface area contributed by atoms with Crippen molar-refractivity contribution < 1.29 is 14.7 Å². The van der Waals surface area contributed by atoms with E-state index < -0.39 is 12.0 Å². The molecule has 0 radical (unpaired) electrons. The van der Waals surface area contributed by atoms with Gasteiger partial charge in [0.05, 0.1) is 6.42 Å². The lowest BCUT2D eigenvalue weighted by Crippen LogP contribution is -2.41. The van der Waals surface area contributed by atoms with Crippen molar-refractivity contribution in [2.75, 3.05) is 0 Å². The Balaban J connectivity index is 2.13. The predicted octanol–water partition coefficient (Wildman–Crippen LogP) is 2.75. The summed E-state index contributed by atoms with van der Waals surface area (Å²) < 4.78 is 0. The van der Waals surface area contributed by atoms with E-state index in [2.05, 4.69) is 5.32 Å². The maximum Gasteiger partial charge on any atom is 0.326 e. The van der Waals surface area contributed by atoms with Crippen LogP contribution in [0.2, 0.25) is 0 Å². The molecule has 2 aromatic rings. The van der Waals surface area contributed by atoms with Crippen LogP contribution in [0.3, 0.4) is 0 Å². The first-order valence-electron chi connectivity index (χ1n) is 7.10. The first-order valence-corrected chi connectivity index (χ1v) is 7.10. The highest BCUT2D eigenvalue weighted by atomic mass is 16.4. The van der Waals surface area contributed by atoms with Gasteiger partial charge in [-0.3, -0.25) is 4.79 Å². The maximum absolute atomic E-state index is 12.1. The van der Waals surface area contributed by atoms with Gasteiger partial charge in [0.1, 0.15) is 6.04 Å². The number of nitrogens with one attached hydrogen (secondary N) is 1. The molecule has 110 valence electrons. The number of carboxylic acids is 1. The molecule has 2 N–H and O–H groups in total. The molecule has 0 aromatic heterocycles. The van der Waals surface area contributed by atoms with Crippen LogP contribution in [0.1, 0.15) is 25.3 Å². The van der Waals surface area contributed by atoms with E-state index in [1.54, 1.807) is 0 Å². The number of carbonyl (C=O) groups is 2. The van der Waals surface area contributed by atoms with Crippen LogP contribution in [0.4, 0.5) is 0 Å². The molecule has 0 fully saturated rings. The van der Waals surface area contributed by atoms with Gasteiger partial charge in [0.15, 0.2) is 0 Å². The van der Waals surface area contributed by atoms with E-state index in [9.17, 15) is 9.59 Å². The van der Waals surface area contributed by atoms with Crippen molar-refractivity contribution in [3.8, 4) is 0 Å². The lowest BCUT2D eigenvalue weighted by molar-refractivity contribution is -0.141. The Morgan fingerprint density at radius 2 is 1.86 bits per heavy atom. The predicted molar refractivity (Wildman–Crippen MR) is 82.1 cm³/mol. The van der Waals surface area contributed by atoms with Crippen molar-refractivity contribution in [1.29, 1.82) is 0 Å². The first-order chi connectivity index (χ1) is 10.1.